The van der Waals surface area contributed by atoms with Gasteiger partial charge in [0.15, 0.2) is 11.6 Å². The van der Waals surface area contributed by atoms with Crippen LogP contribution in [-0.2, 0) is 0 Å². The van der Waals surface area contributed by atoms with Gasteiger partial charge >= 0.3 is 6.18 Å². The topological polar surface area (TPSA) is 15.3 Å². The third-order valence-corrected chi connectivity index (χ3v) is 3.35. The predicted molar refractivity (Wildman–Crippen MR) is 64.2 cm³/mol. The van der Waals surface area contributed by atoms with E-state index in [1.54, 1.807) is 4.90 Å². The molecule has 0 saturated carbocycles. The molecule has 0 aromatic heterocycles. The second-order valence-electron chi connectivity index (χ2n) is 4.79. The average Bonchev–Trinajstić information content (AvgIpc) is 2.39. The van der Waals surface area contributed by atoms with Crippen LogP contribution in [0.5, 0.6) is 0 Å². The summed E-state index contributed by atoms with van der Waals surface area (Å²) in [6.45, 7) is 2.05. The molecule has 112 valence electrons. The van der Waals surface area contributed by atoms with Crippen LogP contribution in [0.25, 0.3) is 0 Å². The molecule has 0 amide bonds. The number of benzene rings is 1. The van der Waals surface area contributed by atoms with Crippen molar-refractivity contribution in [3.63, 3.8) is 0 Å². The number of nitrogens with zero attached hydrogens (tertiary/aromatic N) is 1. The molecule has 1 aromatic rings. The Balaban J connectivity index is 2.26. The fourth-order valence-electron chi connectivity index (χ4n) is 2.39. The Kier molecular flexibility index (Phi) is 4.59. The van der Waals surface area contributed by atoms with Gasteiger partial charge in [0, 0.05) is 32.2 Å². The van der Waals surface area contributed by atoms with Crippen LogP contribution in [0.2, 0.25) is 0 Å². The summed E-state index contributed by atoms with van der Waals surface area (Å²) in [6, 6.07) is 1.97. The Morgan fingerprint density at radius 2 is 1.75 bits per heavy atom. The molecule has 0 aliphatic carbocycles. The van der Waals surface area contributed by atoms with Crippen LogP contribution in [0.3, 0.4) is 0 Å². The molecular weight excluding hydrogens is 279 g/mol. The van der Waals surface area contributed by atoms with Gasteiger partial charge in [-0.2, -0.15) is 13.2 Å². The molecule has 2 rings (SSSR count). The summed E-state index contributed by atoms with van der Waals surface area (Å²) in [5.41, 5.74) is 0.156. The average molecular weight is 294 g/mol. The molecule has 1 fully saturated rings. The van der Waals surface area contributed by atoms with Gasteiger partial charge in [-0.25, -0.2) is 8.78 Å². The van der Waals surface area contributed by atoms with Crippen molar-refractivity contribution >= 4 is 0 Å². The summed E-state index contributed by atoms with van der Waals surface area (Å²) in [7, 11) is 0. The van der Waals surface area contributed by atoms with E-state index in [-0.39, 0.29) is 5.56 Å². The molecule has 1 heterocycles. The molecule has 1 aliphatic rings. The highest BCUT2D eigenvalue weighted by Gasteiger charge is 2.36. The summed E-state index contributed by atoms with van der Waals surface area (Å²) in [5, 5.41) is 3.05. The minimum Gasteiger partial charge on any atom is -0.314 e. The molecule has 1 aromatic carbocycles. The van der Waals surface area contributed by atoms with Crippen LogP contribution in [0.15, 0.2) is 18.2 Å². The molecule has 0 spiro atoms. The molecule has 1 atom stereocenters. The Labute approximate surface area is 113 Å². The number of halogens is 5. The Bertz CT molecular complexity index is 455. The summed E-state index contributed by atoms with van der Waals surface area (Å²) < 4.78 is 64.3. The van der Waals surface area contributed by atoms with Gasteiger partial charge in [0.25, 0.3) is 0 Å². The van der Waals surface area contributed by atoms with E-state index in [0.29, 0.717) is 26.2 Å². The van der Waals surface area contributed by atoms with Crippen LogP contribution in [-0.4, -0.2) is 37.3 Å². The highest BCUT2D eigenvalue weighted by Crippen LogP contribution is 2.34. The first kappa shape index (κ1) is 15.2. The van der Waals surface area contributed by atoms with E-state index >= 15 is 0 Å². The van der Waals surface area contributed by atoms with Crippen LogP contribution in [0.1, 0.15) is 18.0 Å². The van der Waals surface area contributed by atoms with Gasteiger partial charge < -0.3 is 5.32 Å². The number of piperazine rings is 1. The summed E-state index contributed by atoms with van der Waals surface area (Å²) >= 11 is 0. The lowest BCUT2D eigenvalue weighted by Crippen LogP contribution is -2.46. The monoisotopic (exact) mass is 294 g/mol. The molecule has 0 unspecified atom stereocenters. The van der Waals surface area contributed by atoms with Gasteiger partial charge in [0.1, 0.15) is 0 Å². The Hall–Kier alpha value is -1.21. The first-order valence-electron chi connectivity index (χ1n) is 6.33. The molecule has 1 saturated heterocycles. The standard InChI is InChI=1S/C13H15F5N2/c14-10-2-1-9(7-11(10)15)12(8-13(16,17)18)20-5-3-19-4-6-20/h1-2,7,12,19H,3-6,8H2/t12-/m1/s1. The fourth-order valence-corrected chi connectivity index (χ4v) is 2.39. The molecular formula is C13H15F5N2. The zero-order valence-electron chi connectivity index (χ0n) is 10.7. The fraction of sp³-hybridized carbons (Fsp3) is 0.538. The predicted octanol–water partition coefficient (Wildman–Crippen LogP) is 2.86. The lowest BCUT2D eigenvalue weighted by Gasteiger charge is -2.35. The van der Waals surface area contributed by atoms with Gasteiger partial charge in [0.2, 0.25) is 0 Å². The highest BCUT2D eigenvalue weighted by atomic mass is 19.4. The smallest absolute Gasteiger partial charge is 0.314 e. The molecule has 1 N–H and O–H groups in total. The minimum absolute atomic E-state index is 0.156. The maximum atomic E-state index is 13.3. The second-order valence-corrected chi connectivity index (χ2v) is 4.79. The number of alkyl halides is 3. The van der Waals surface area contributed by atoms with Crippen molar-refractivity contribution in [1.29, 1.82) is 0 Å². The summed E-state index contributed by atoms with van der Waals surface area (Å²) in [6.07, 6.45) is -5.43. The Morgan fingerprint density at radius 1 is 1.10 bits per heavy atom. The van der Waals surface area contributed by atoms with E-state index in [2.05, 4.69) is 5.32 Å². The number of rotatable bonds is 3. The van der Waals surface area contributed by atoms with Crippen LogP contribution >= 0.6 is 0 Å². The highest BCUT2D eigenvalue weighted by molar-refractivity contribution is 5.22. The minimum atomic E-state index is -4.36. The molecule has 20 heavy (non-hydrogen) atoms. The molecule has 2 nitrogen and oxygen atoms in total. The van der Waals surface area contributed by atoms with Crippen molar-refractivity contribution in [2.24, 2.45) is 0 Å². The van der Waals surface area contributed by atoms with E-state index in [9.17, 15) is 22.0 Å². The lowest BCUT2D eigenvalue weighted by atomic mass is 10.0. The van der Waals surface area contributed by atoms with Crippen molar-refractivity contribution in [3.05, 3.63) is 35.4 Å². The van der Waals surface area contributed by atoms with Gasteiger partial charge in [-0.3, -0.25) is 4.90 Å². The molecule has 0 bridgehead atoms. The first-order valence-corrected chi connectivity index (χ1v) is 6.33. The third kappa shape index (κ3) is 3.89. The van der Waals surface area contributed by atoms with E-state index in [4.69, 9.17) is 0 Å². The van der Waals surface area contributed by atoms with Crippen molar-refractivity contribution in [2.75, 3.05) is 26.2 Å². The number of nitrogens with one attached hydrogen (secondary N) is 1. The molecule has 7 heteroatoms. The second kappa shape index (κ2) is 6.05. The third-order valence-electron chi connectivity index (χ3n) is 3.35. The molecule has 1 aliphatic heterocycles. The summed E-state index contributed by atoms with van der Waals surface area (Å²) in [5.74, 6) is -2.18. The zero-order valence-corrected chi connectivity index (χ0v) is 10.7. The van der Waals surface area contributed by atoms with Gasteiger partial charge in [-0.05, 0) is 17.7 Å². The van der Waals surface area contributed by atoms with E-state index in [1.807, 2.05) is 0 Å². The Morgan fingerprint density at radius 3 is 2.30 bits per heavy atom. The van der Waals surface area contributed by atoms with E-state index < -0.39 is 30.3 Å². The van der Waals surface area contributed by atoms with Crippen molar-refractivity contribution < 1.29 is 22.0 Å². The van der Waals surface area contributed by atoms with Crippen molar-refractivity contribution in [1.82, 2.24) is 10.2 Å². The number of hydrogen-bond acceptors (Lipinski definition) is 2. The first-order chi connectivity index (χ1) is 9.37. The van der Waals surface area contributed by atoms with Gasteiger partial charge in [-0.1, -0.05) is 6.07 Å². The summed E-state index contributed by atoms with van der Waals surface area (Å²) in [4.78, 5) is 1.65. The van der Waals surface area contributed by atoms with Gasteiger partial charge in [0.05, 0.1) is 6.42 Å². The van der Waals surface area contributed by atoms with Gasteiger partial charge in [-0.15, -0.1) is 0 Å². The molecule has 0 radical (unpaired) electrons. The van der Waals surface area contributed by atoms with E-state index in [1.165, 1.54) is 6.07 Å². The normalized spacial score (nSPS) is 19.1. The van der Waals surface area contributed by atoms with Crippen molar-refractivity contribution in [2.45, 2.75) is 18.6 Å². The van der Waals surface area contributed by atoms with E-state index in [0.717, 1.165) is 12.1 Å². The quantitative estimate of drug-likeness (QED) is 0.862. The maximum Gasteiger partial charge on any atom is 0.390 e. The number of hydrogen-bond donors (Lipinski definition) is 1. The largest absolute Gasteiger partial charge is 0.390 e. The van der Waals surface area contributed by atoms with Crippen LogP contribution in [0, 0.1) is 11.6 Å². The lowest BCUT2D eigenvalue weighted by molar-refractivity contribution is -0.148. The zero-order chi connectivity index (χ0) is 14.8. The van der Waals surface area contributed by atoms with Crippen molar-refractivity contribution in [3.8, 4) is 0 Å². The SMILES string of the molecule is Fc1ccc([C@@H](CC(F)(F)F)N2CCNCC2)cc1F. The maximum absolute atomic E-state index is 13.3. The van der Waals surface area contributed by atoms with Crippen LogP contribution < -0.4 is 5.32 Å². The van der Waals surface area contributed by atoms with Crippen LogP contribution in [0.4, 0.5) is 22.0 Å².